The Labute approximate surface area is 109 Å². The van der Waals surface area contributed by atoms with Crippen LogP contribution in [0.15, 0.2) is 30.5 Å². The Hall–Kier alpha value is 0.130. The van der Waals surface area contributed by atoms with Crippen LogP contribution in [-0.2, 0) is 0 Å². The molecular formula is C9H9Br3N2. The molecule has 0 atom stereocenters. The second-order valence-electron chi connectivity index (χ2n) is 2.93. The van der Waals surface area contributed by atoms with E-state index in [1.54, 1.807) is 6.34 Å². The summed E-state index contributed by atoms with van der Waals surface area (Å²) in [5.74, 6) is 0. The molecule has 76 valence electrons. The number of nitrogens with zero attached hydrogens (tertiary/aromatic N) is 2. The predicted octanol–water partition coefficient (Wildman–Crippen LogP) is 4.20. The zero-order valence-corrected chi connectivity index (χ0v) is 12.5. The Balaban J connectivity index is 3.09. The van der Waals surface area contributed by atoms with Gasteiger partial charge in [-0.3, -0.25) is 0 Å². The molecule has 0 aliphatic rings. The van der Waals surface area contributed by atoms with Crippen molar-refractivity contribution < 1.29 is 0 Å². The lowest BCUT2D eigenvalue weighted by molar-refractivity contribution is 0.643. The monoisotopic (exact) mass is 382 g/mol. The van der Waals surface area contributed by atoms with E-state index in [-0.39, 0.29) is 0 Å². The molecule has 0 heterocycles. The first kappa shape index (κ1) is 12.2. The van der Waals surface area contributed by atoms with Gasteiger partial charge in [-0.05, 0) is 44.0 Å². The van der Waals surface area contributed by atoms with E-state index in [4.69, 9.17) is 0 Å². The van der Waals surface area contributed by atoms with E-state index in [1.165, 1.54) is 0 Å². The van der Waals surface area contributed by atoms with E-state index < -0.39 is 0 Å². The van der Waals surface area contributed by atoms with Crippen molar-refractivity contribution in [1.29, 1.82) is 0 Å². The van der Waals surface area contributed by atoms with Crippen molar-refractivity contribution >= 4 is 59.8 Å². The number of hydrogen-bond acceptors (Lipinski definition) is 1. The van der Waals surface area contributed by atoms with E-state index in [1.807, 2.05) is 31.1 Å². The van der Waals surface area contributed by atoms with Crippen molar-refractivity contribution in [2.45, 2.75) is 0 Å². The molecule has 0 fully saturated rings. The molecule has 14 heavy (non-hydrogen) atoms. The average Bonchev–Trinajstić information content (AvgIpc) is 2.01. The molecule has 0 unspecified atom stereocenters. The molecule has 0 radical (unpaired) electrons. The highest BCUT2D eigenvalue weighted by Gasteiger charge is 2.04. The van der Waals surface area contributed by atoms with Gasteiger partial charge in [0.25, 0.3) is 0 Å². The maximum absolute atomic E-state index is 4.33. The van der Waals surface area contributed by atoms with Crippen molar-refractivity contribution in [3.63, 3.8) is 0 Å². The second kappa shape index (κ2) is 5.28. The zero-order chi connectivity index (χ0) is 10.7. The standard InChI is InChI=1S/C9H9Br3N2/c1-14(2)5-13-9-7(11)3-6(10)4-8(9)12/h3-5H,1-2H3. The Bertz CT molecular complexity index is 338. The van der Waals surface area contributed by atoms with Gasteiger partial charge in [-0.25, -0.2) is 4.99 Å². The molecule has 0 saturated heterocycles. The molecule has 0 aromatic heterocycles. The Morgan fingerprint density at radius 1 is 1.14 bits per heavy atom. The van der Waals surface area contributed by atoms with Gasteiger partial charge < -0.3 is 4.90 Å². The summed E-state index contributed by atoms with van der Waals surface area (Å²) in [4.78, 5) is 6.22. The van der Waals surface area contributed by atoms with Gasteiger partial charge >= 0.3 is 0 Å². The Morgan fingerprint density at radius 3 is 2.07 bits per heavy atom. The van der Waals surface area contributed by atoms with Crippen molar-refractivity contribution in [2.24, 2.45) is 4.99 Å². The minimum Gasteiger partial charge on any atom is -0.369 e. The summed E-state index contributed by atoms with van der Waals surface area (Å²) in [7, 11) is 3.87. The van der Waals surface area contributed by atoms with Gasteiger partial charge in [0.2, 0.25) is 0 Å². The molecule has 0 spiro atoms. The maximum Gasteiger partial charge on any atom is 0.0932 e. The molecule has 0 aliphatic carbocycles. The number of rotatable bonds is 2. The Kier molecular flexibility index (Phi) is 4.60. The van der Waals surface area contributed by atoms with Crippen LogP contribution in [0.2, 0.25) is 0 Å². The molecule has 5 heteroatoms. The molecule has 1 aromatic rings. The van der Waals surface area contributed by atoms with E-state index >= 15 is 0 Å². The van der Waals surface area contributed by atoms with E-state index in [2.05, 4.69) is 52.8 Å². The fourth-order valence-electron chi connectivity index (χ4n) is 0.831. The molecule has 2 nitrogen and oxygen atoms in total. The summed E-state index contributed by atoms with van der Waals surface area (Å²) in [5, 5.41) is 0. The SMILES string of the molecule is CN(C)C=Nc1c(Br)cc(Br)cc1Br. The molecule has 0 amide bonds. The molecule has 1 rings (SSSR count). The summed E-state index contributed by atoms with van der Waals surface area (Å²) >= 11 is 10.3. The Morgan fingerprint density at radius 2 is 1.64 bits per heavy atom. The smallest absolute Gasteiger partial charge is 0.0932 e. The molecule has 0 saturated carbocycles. The van der Waals surface area contributed by atoms with Crippen LogP contribution in [0.5, 0.6) is 0 Å². The van der Waals surface area contributed by atoms with Gasteiger partial charge in [0.1, 0.15) is 0 Å². The molecule has 0 bridgehead atoms. The van der Waals surface area contributed by atoms with Crippen LogP contribution in [0.3, 0.4) is 0 Å². The summed E-state index contributed by atoms with van der Waals surface area (Å²) in [5.41, 5.74) is 0.891. The predicted molar refractivity (Wildman–Crippen MR) is 71.4 cm³/mol. The highest BCUT2D eigenvalue weighted by atomic mass is 79.9. The maximum atomic E-state index is 4.33. The van der Waals surface area contributed by atoms with E-state index in [0.717, 1.165) is 19.1 Å². The fourth-order valence-corrected chi connectivity index (χ4v) is 3.29. The summed E-state index contributed by atoms with van der Waals surface area (Å²) < 4.78 is 2.92. The third-order valence-corrected chi connectivity index (χ3v) is 3.07. The van der Waals surface area contributed by atoms with Crippen LogP contribution in [0.4, 0.5) is 5.69 Å². The normalized spacial score (nSPS) is 10.9. The van der Waals surface area contributed by atoms with E-state index in [9.17, 15) is 0 Å². The molecular weight excluding hydrogens is 376 g/mol. The summed E-state index contributed by atoms with van der Waals surface area (Å²) in [6.07, 6.45) is 1.76. The van der Waals surface area contributed by atoms with Gasteiger partial charge in [-0.1, -0.05) is 15.9 Å². The number of halogens is 3. The number of benzene rings is 1. The van der Waals surface area contributed by atoms with Gasteiger partial charge in [-0.15, -0.1) is 0 Å². The minimum absolute atomic E-state index is 0.891. The van der Waals surface area contributed by atoms with Crippen molar-refractivity contribution in [2.75, 3.05) is 14.1 Å². The van der Waals surface area contributed by atoms with Gasteiger partial charge in [0.15, 0.2) is 0 Å². The first-order valence-electron chi connectivity index (χ1n) is 3.86. The summed E-state index contributed by atoms with van der Waals surface area (Å²) in [6.45, 7) is 0. The van der Waals surface area contributed by atoms with Crippen LogP contribution in [0.1, 0.15) is 0 Å². The first-order chi connectivity index (χ1) is 6.50. The lowest BCUT2D eigenvalue weighted by Crippen LogP contribution is -2.07. The van der Waals surface area contributed by atoms with Crippen LogP contribution < -0.4 is 0 Å². The first-order valence-corrected chi connectivity index (χ1v) is 6.24. The lowest BCUT2D eigenvalue weighted by atomic mass is 10.3. The highest BCUT2D eigenvalue weighted by Crippen LogP contribution is 2.36. The van der Waals surface area contributed by atoms with Crippen LogP contribution in [-0.4, -0.2) is 25.3 Å². The third-order valence-electron chi connectivity index (χ3n) is 1.40. The average molecular weight is 385 g/mol. The third kappa shape index (κ3) is 3.37. The zero-order valence-electron chi connectivity index (χ0n) is 7.76. The topological polar surface area (TPSA) is 15.6 Å². The molecule has 1 aromatic carbocycles. The van der Waals surface area contributed by atoms with Crippen LogP contribution >= 0.6 is 47.8 Å². The van der Waals surface area contributed by atoms with Gasteiger partial charge in [-0.2, -0.15) is 0 Å². The molecule has 0 N–H and O–H groups in total. The second-order valence-corrected chi connectivity index (χ2v) is 5.55. The lowest BCUT2D eigenvalue weighted by Gasteiger charge is -2.05. The fraction of sp³-hybridized carbons (Fsp3) is 0.222. The number of hydrogen-bond donors (Lipinski definition) is 0. The van der Waals surface area contributed by atoms with Crippen LogP contribution in [0.25, 0.3) is 0 Å². The largest absolute Gasteiger partial charge is 0.369 e. The van der Waals surface area contributed by atoms with Crippen molar-refractivity contribution in [3.05, 3.63) is 25.6 Å². The van der Waals surface area contributed by atoms with E-state index in [0.29, 0.717) is 0 Å². The van der Waals surface area contributed by atoms with Crippen molar-refractivity contribution in [3.8, 4) is 0 Å². The quantitative estimate of drug-likeness (QED) is 0.551. The van der Waals surface area contributed by atoms with Crippen molar-refractivity contribution in [1.82, 2.24) is 4.90 Å². The van der Waals surface area contributed by atoms with Gasteiger partial charge in [0.05, 0.1) is 12.0 Å². The van der Waals surface area contributed by atoms with Gasteiger partial charge in [0, 0.05) is 27.5 Å². The van der Waals surface area contributed by atoms with Crippen LogP contribution in [0, 0.1) is 0 Å². The number of aliphatic imine (C=N–C) groups is 1. The minimum atomic E-state index is 0.891. The highest BCUT2D eigenvalue weighted by molar-refractivity contribution is 9.11. The molecule has 0 aliphatic heterocycles. The summed E-state index contributed by atoms with van der Waals surface area (Å²) in [6, 6.07) is 3.93.